The molecule has 5 heteroatoms. The van der Waals surface area contributed by atoms with E-state index in [0.29, 0.717) is 11.6 Å². The molecule has 4 rings (SSSR count). The van der Waals surface area contributed by atoms with Crippen LogP contribution < -0.4 is 4.90 Å². The number of hydrogen-bond acceptors (Lipinski definition) is 3. The smallest absolute Gasteiger partial charge is 0.224 e. The lowest BCUT2D eigenvalue weighted by Gasteiger charge is -2.21. The lowest BCUT2D eigenvalue weighted by molar-refractivity contribution is -0.116. The Morgan fingerprint density at radius 2 is 1.81 bits per heavy atom. The molecule has 27 heavy (non-hydrogen) atoms. The van der Waals surface area contributed by atoms with Crippen LogP contribution in [-0.2, 0) is 11.3 Å². The molecule has 0 aliphatic heterocycles. The number of anilines is 1. The summed E-state index contributed by atoms with van der Waals surface area (Å²) >= 11 is 7.73. The number of benzene rings is 3. The number of amides is 1. The van der Waals surface area contributed by atoms with E-state index in [9.17, 15) is 9.90 Å². The van der Waals surface area contributed by atoms with Gasteiger partial charge in [0.15, 0.2) is 0 Å². The van der Waals surface area contributed by atoms with E-state index in [1.165, 1.54) is 11.3 Å². The molecule has 3 nitrogen and oxygen atoms in total. The summed E-state index contributed by atoms with van der Waals surface area (Å²) in [5, 5.41) is 14.4. The maximum Gasteiger partial charge on any atom is 0.224 e. The lowest BCUT2D eigenvalue weighted by Crippen LogP contribution is -2.27. The minimum Gasteiger partial charge on any atom is -0.506 e. The number of phenols is 1. The second-order valence-corrected chi connectivity index (χ2v) is 7.93. The molecule has 3 aromatic carbocycles. The zero-order valence-corrected chi connectivity index (χ0v) is 16.6. The second kappa shape index (κ2) is 6.87. The van der Waals surface area contributed by atoms with Crippen LogP contribution in [0.4, 0.5) is 5.00 Å². The van der Waals surface area contributed by atoms with Crippen LogP contribution in [0.3, 0.4) is 0 Å². The fourth-order valence-corrected chi connectivity index (χ4v) is 4.98. The molecule has 136 valence electrons. The van der Waals surface area contributed by atoms with Crippen LogP contribution in [0.1, 0.15) is 18.1 Å². The van der Waals surface area contributed by atoms with Crippen molar-refractivity contribution in [3.63, 3.8) is 0 Å². The standard InChI is InChI=1S/C22H18ClNO2S/c1-13-17-10-11-19(26)20(23)21(17)27-22(13)24(14(2)25)12-16-8-5-7-15-6-3-4-9-18(15)16/h3-11,26H,12H2,1-2H3. The van der Waals surface area contributed by atoms with Gasteiger partial charge >= 0.3 is 0 Å². The third-order valence-corrected chi connectivity index (χ3v) is 6.68. The Morgan fingerprint density at radius 1 is 1.07 bits per heavy atom. The monoisotopic (exact) mass is 395 g/mol. The van der Waals surface area contributed by atoms with Crippen LogP contribution in [0.25, 0.3) is 20.9 Å². The molecule has 1 N–H and O–H groups in total. The maximum absolute atomic E-state index is 12.5. The van der Waals surface area contributed by atoms with Crippen molar-refractivity contribution in [2.45, 2.75) is 20.4 Å². The van der Waals surface area contributed by atoms with Crippen molar-refractivity contribution in [3.05, 3.63) is 70.7 Å². The molecule has 0 unspecified atom stereocenters. The van der Waals surface area contributed by atoms with Gasteiger partial charge in [0.2, 0.25) is 5.91 Å². The van der Waals surface area contributed by atoms with Gasteiger partial charge in [-0.2, -0.15) is 0 Å². The lowest BCUT2D eigenvalue weighted by atomic mass is 10.0. The van der Waals surface area contributed by atoms with E-state index in [0.717, 1.165) is 37.0 Å². The molecule has 0 aliphatic rings. The first kappa shape index (κ1) is 17.8. The maximum atomic E-state index is 12.5. The predicted molar refractivity (Wildman–Crippen MR) is 114 cm³/mol. The van der Waals surface area contributed by atoms with Crippen LogP contribution in [0.15, 0.2) is 54.6 Å². The summed E-state index contributed by atoms with van der Waals surface area (Å²) in [6.45, 7) is 4.04. The van der Waals surface area contributed by atoms with E-state index < -0.39 is 0 Å². The largest absolute Gasteiger partial charge is 0.506 e. The van der Waals surface area contributed by atoms with Gasteiger partial charge in [0.25, 0.3) is 0 Å². The Morgan fingerprint density at radius 3 is 2.59 bits per heavy atom. The molecular weight excluding hydrogens is 378 g/mol. The molecule has 0 spiro atoms. The Labute approximate surface area is 166 Å². The average molecular weight is 396 g/mol. The van der Waals surface area contributed by atoms with Gasteiger partial charge in [-0.1, -0.05) is 54.1 Å². The highest BCUT2D eigenvalue weighted by Crippen LogP contribution is 2.44. The molecule has 1 aromatic heterocycles. The Bertz CT molecular complexity index is 1180. The van der Waals surface area contributed by atoms with Gasteiger partial charge in [-0.25, -0.2) is 0 Å². The highest BCUT2D eigenvalue weighted by Gasteiger charge is 2.21. The van der Waals surface area contributed by atoms with Crippen LogP contribution in [0.5, 0.6) is 5.75 Å². The van der Waals surface area contributed by atoms with E-state index in [2.05, 4.69) is 24.3 Å². The first-order valence-corrected chi connectivity index (χ1v) is 9.82. The number of carbonyl (C=O) groups excluding carboxylic acids is 1. The van der Waals surface area contributed by atoms with Gasteiger partial charge in [0.05, 0.1) is 11.2 Å². The Hall–Kier alpha value is -2.56. The van der Waals surface area contributed by atoms with Crippen molar-refractivity contribution in [1.82, 2.24) is 0 Å². The normalized spacial score (nSPS) is 11.2. The average Bonchev–Trinajstić information content (AvgIpc) is 2.99. The van der Waals surface area contributed by atoms with Crippen LogP contribution in [-0.4, -0.2) is 11.0 Å². The van der Waals surface area contributed by atoms with E-state index in [4.69, 9.17) is 11.6 Å². The number of fused-ring (bicyclic) bond motifs is 2. The first-order valence-electron chi connectivity index (χ1n) is 8.62. The Balaban J connectivity index is 1.84. The number of aromatic hydroxyl groups is 1. The number of halogens is 1. The van der Waals surface area contributed by atoms with Gasteiger partial charge in [-0.05, 0) is 46.3 Å². The molecule has 0 aliphatic carbocycles. The number of thiophene rings is 1. The fraction of sp³-hybridized carbons (Fsp3) is 0.136. The fourth-order valence-electron chi connectivity index (χ4n) is 3.41. The van der Waals surface area contributed by atoms with E-state index >= 15 is 0 Å². The predicted octanol–water partition coefficient (Wildman–Crippen LogP) is 6.28. The van der Waals surface area contributed by atoms with Crippen molar-refractivity contribution in [2.24, 2.45) is 0 Å². The highest BCUT2D eigenvalue weighted by molar-refractivity contribution is 7.23. The zero-order chi connectivity index (χ0) is 19.1. The SMILES string of the molecule is CC(=O)N(Cc1cccc2ccccc12)c1sc2c(Cl)c(O)ccc2c1C. The van der Waals surface area contributed by atoms with Crippen molar-refractivity contribution in [1.29, 1.82) is 0 Å². The van der Waals surface area contributed by atoms with E-state index in [-0.39, 0.29) is 11.7 Å². The molecule has 1 amide bonds. The molecule has 0 bridgehead atoms. The number of hydrogen-bond donors (Lipinski definition) is 1. The molecule has 4 aromatic rings. The number of aryl methyl sites for hydroxylation is 1. The number of carbonyl (C=O) groups is 1. The number of nitrogens with zero attached hydrogens (tertiary/aromatic N) is 1. The van der Waals surface area contributed by atoms with Crippen molar-refractivity contribution in [3.8, 4) is 5.75 Å². The minimum atomic E-state index is -0.0297. The van der Waals surface area contributed by atoms with Gasteiger partial charge in [-0.15, -0.1) is 11.3 Å². The van der Waals surface area contributed by atoms with Crippen LogP contribution in [0.2, 0.25) is 5.02 Å². The summed E-state index contributed by atoms with van der Waals surface area (Å²) in [4.78, 5) is 14.3. The van der Waals surface area contributed by atoms with Crippen LogP contribution in [0, 0.1) is 6.92 Å². The highest BCUT2D eigenvalue weighted by atomic mass is 35.5. The van der Waals surface area contributed by atoms with E-state index in [1.807, 2.05) is 31.2 Å². The van der Waals surface area contributed by atoms with Crippen LogP contribution >= 0.6 is 22.9 Å². The first-order chi connectivity index (χ1) is 13.0. The molecule has 0 radical (unpaired) electrons. The second-order valence-electron chi connectivity index (χ2n) is 6.55. The molecule has 1 heterocycles. The van der Waals surface area contributed by atoms with Gasteiger partial charge in [0.1, 0.15) is 15.8 Å². The van der Waals surface area contributed by atoms with Crippen molar-refractivity contribution in [2.75, 3.05) is 4.90 Å². The molecular formula is C22H18ClNO2S. The molecule has 0 atom stereocenters. The number of phenolic OH excluding ortho intramolecular Hbond substituents is 1. The summed E-state index contributed by atoms with van der Waals surface area (Å²) in [6.07, 6.45) is 0. The van der Waals surface area contributed by atoms with Gasteiger partial charge in [0, 0.05) is 6.92 Å². The molecule has 0 fully saturated rings. The molecule has 0 saturated heterocycles. The van der Waals surface area contributed by atoms with Gasteiger partial charge in [-0.3, -0.25) is 9.69 Å². The summed E-state index contributed by atoms with van der Waals surface area (Å²) < 4.78 is 0.799. The third-order valence-electron chi connectivity index (χ3n) is 4.83. The quantitative estimate of drug-likeness (QED) is 0.443. The minimum absolute atomic E-state index is 0.0297. The molecule has 0 saturated carbocycles. The summed E-state index contributed by atoms with van der Waals surface area (Å²) in [7, 11) is 0. The topological polar surface area (TPSA) is 40.5 Å². The van der Waals surface area contributed by atoms with Crippen molar-refractivity contribution < 1.29 is 9.90 Å². The summed E-state index contributed by atoms with van der Waals surface area (Å²) in [6, 6.07) is 17.8. The van der Waals surface area contributed by atoms with E-state index in [1.54, 1.807) is 17.9 Å². The van der Waals surface area contributed by atoms with Gasteiger partial charge < -0.3 is 5.11 Å². The van der Waals surface area contributed by atoms with Crippen molar-refractivity contribution >= 4 is 54.7 Å². The summed E-state index contributed by atoms with van der Waals surface area (Å²) in [5.74, 6) is 0.0262. The third kappa shape index (κ3) is 3.05. The zero-order valence-electron chi connectivity index (χ0n) is 15.0. The Kier molecular flexibility index (Phi) is 4.54. The summed E-state index contributed by atoms with van der Waals surface area (Å²) in [5.41, 5.74) is 2.08. The number of rotatable bonds is 3.